The highest BCUT2D eigenvalue weighted by molar-refractivity contribution is 7.89. The predicted octanol–water partition coefficient (Wildman–Crippen LogP) is 2.08. The van der Waals surface area contributed by atoms with Crippen LogP contribution in [0.5, 0.6) is 0 Å². The molecule has 8 nitrogen and oxygen atoms in total. The summed E-state index contributed by atoms with van der Waals surface area (Å²) in [5.74, 6) is 0.0364. The molecule has 0 saturated carbocycles. The van der Waals surface area contributed by atoms with Gasteiger partial charge in [0.1, 0.15) is 0 Å². The minimum atomic E-state index is -3.68. The highest BCUT2D eigenvalue weighted by atomic mass is 32.2. The van der Waals surface area contributed by atoms with E-state index in [0.29, 0.717) is 36.8 Å². The Morgan fingerprint density at radius 2 is 1.93 bits per heavy atom. The first-order valence-electron chi connectivity index (χ1n) is 8.62. The van der Waals surface area contributed by atoms with Gasteiger partial charge in [-0.05, 0) is 37.0 Å². The molecule has 0 unspecified atom stereocenters. The first-order valence-corrected chi connectivity index (χ1v) is 10.2. The molecule has 146 valence electrons. The molecule has 1 heterocycles. The van der Waals surface area contributed by atoms with Gasteiger partial charge in [0.25, 0.3) is 0 Å². The van der Waals surface area contributed by atoms with E-state index in [4.69, 9.17) is 9.88 Å². The van der Waals surface area contributed by atoms with Crippen molar-refractivity contribution in [2.45, 2.75) is 38.0 Å². The first-order chi connectivity index (χ1) is 12.7. The maximum atomic E-state index is 12.0. The van der Waals surface area contributed by atoms with Crippen LogP contribution in [0.25, 0.3) is 0 Å². The number of sulfonamides is 1. The van der Waals surface area contributed by atoms with Crippen molar-refractivity contribution < 1.29 is 17.9 Å². The molecule has 0 aliphatic rings. The van der Waals surface area contributed by atoms with Gasteiger partial charge in [0, 0.05) is 12.7 Å². The van der Waals surface area contributed by atoms with Crippen LogP contribution in [0.4, 0.5) is 5.95 Å². The number of ether oxygens (including phenoxy) is 1. The van der Waals surface area contributed by atoms with Crippen LogP contribution >= 0.6 is 0 Å². The van der Waals surface area contributed by atoms with E-state index in [2.05, 4.69) is 15.3 Å². The average molecular weight is 392 g/mol. The molecule has 2 rings (SSSR count). The molecule has 3 N–H and O–H groups in total. The molecule has 0 saturated heterocycles. The van der Waals surface area contributed by atoms with Gasteiger partial charge < -0.3 is 10.1 Å². The van der Waals surface area contributed by atoms with Crippen molar-refractivity contribution in [3.63, 3.8) is 0 Å². The summed E-state index contributed by atoms with van der Waals surface area (Å²) in [5, 5.41) is 8.20. The second-order valence-electron chi connectivity index (χ2n) is 6.23. The number of esters is 1. The van der Waals surface area contributed by atoms with E-state index < -0.39 is 16.0 Å². The SMILES string of the molecule is CCOC(=O)c1cnc(NCCc2ccc(S(N)(=O)=O)cc2)nc1C(C)C. The van der Waals surface area contributed by atoms with Gasteiger partial charge in [-0.2, -0.15) is 0 Å². The third-order valence-electron chi connectivity index (χ3n) is 3.81. The van der Waals surface area contributed by atoms with E-state index in [-0.39, 0.29) is 10.8 Å². The van der Waals surface area contributed by atoms with Crippen molar-refractivity contribution in [2.75, 3.05) is 18.5 Å². The molecule has 9 heteroatoms. The Hall–Kier alpha value is -2.52. The number of nitrogens with zero attached hydrogens (tertiary/aromatic N) is 2. The Morgan fingerprint density at radius 3 is 2.48 bits per heavy atom. The third kappa shape index (κ3) is 5.73. The van der Waals surface area contributed by atoms with Crippen LogP contribution in [0, 0.1) is 0 Å². The van der Waals surface area contributed by atoms with Gasteiger partial charge in [0.05, 0.1) is 22.8 Å². The molecule has 0 aliphatic carbocycles. The molecular weight excluding hydrogens is 368 g/mol. The number of rotatable bonds is 8. The number of primary sulfonamides is 1. The van der Waals surface area contributed by atoms with Gasteiger partial charge in [0.2, 0.25) is 16.0 Å². The Morgan fingerprint density at radius 1 is 1.26 bits per heavy atom. The van der Waals surface area contributed by atoms with Crippen molar-refractivity contribution in [1.82, 2.24) is 9.97 Å². The van der Waals surface area contributed by atoms with E-state index >= 15 is 0 Å². The fourth-order valence-corrected chi connectivity index (χ4v) is 2.97. The molecule has 2 aromatic rings. The highest BCUT2D eigenvalue weighted by Crippen LogP contribution is 2.19. The van der Waals surface area contributed by atoms with Crippen LogP contribution in [-0.4, -0.2) is 37.5 Å². The fourth-order valence-electron chi connectivity index (χ4n) is 2.45. The van der Waals surface area contributed by atoms with Gasteiger partial charge >= 0.3 is 5.97 Å². The molecule has 0 radical (unpaired) electrons. The second kappa shape index (κ2) is 8.92. The maximum Gasteiger partial charge on any atom is 0.341 e. The monoisotopic (exact) mass is 392 g/mol. The number of nitrogens with one attached hydrogen (secondary N) is 1. The minimum Gasteiger partial charge on any atom is -0.462 e. The van der Waals surface area contributed by atoms with Crippen molar-refractivity contribution in [3.8, 4) is 0 Å². The lowest BCUT2D eigenvalue weighted by Crippen LogP contribution is -2.15. The molecule has 0 fully saturated rings. The summed E-state index contributed by atoms with van der Waals surface area (Å²) in [5.41, 5.74) is 1.95. The summed E-state index contributed by atoms with van der Waals surface area (Å²) in [6.45, 7) is 6.48. The Kier molecular flexibility index (Phi) is 6.86. The van der Waals surface area contributed by atoms with E-state index in [1.165, 1.54) is 18.3 Å². The lowest BCUT2D eigenvalue weighted by atomic mass is 10.1. The number of carbonyl (C=O) groups is 1. The number of nitrogens with two attached hydrogens (primary N) is 1. The zero-order chi connectivity index (χ0) is 20.0. The molecule has 0 atom stereocenters. The molecule has 0 amide bonds. The smallest absolute Gasteiger partial charge is 0.341 e. The Labute approximate surface area is 159 Å². The quantitative estimate of drug-likeness (QED) is 0.659. The Balaban J connectivity index is 2.03. The topological polar surface area (TPSA) is 124 Å². The van der Waals surface area contributed by atoms with Crippen LogP contribution in [0.3, 0.4) is 0 Å². The molecule has 0 spiro atoms. The lowest BCUT2D eigenvalue weighted by molar-refractivity contribution is 0.0523. The summed E-state index contributed by atoms with van der Waals surface area (Å²) in [6.07, 6.45) is 2.12. The third-order valence-corrected chi connectivity index (χ3v) is 4.74. The van der Waals surface area contributed by atoms with Gasteiger partial charge in [-0.3, -0.25) is 0 Å². The molecule has 0 aliphatic heterocycles. The zero-order valence-corrected chi connectivity index (χ0v) is 16.4. The lowest BCUT2D eigenvalue weighted by Gasteiger charge is -2.13. The van der Waals surface area contributed by atoms with Crippen LogP contribution in [0.15, 0.2) is 35.4 Å². The van der Waals surface area contributed by atoms with Gasteiger partial charge in [0.15, 0.2) is 0 Å². The first kappa shape index (κ1) is 20.8. The van der Waals surface area contributed by atoms with Crippen molar-refractivity contribution in [1.29, 1.82) is 0 Å². The summed E-state index contributed by atoms with van der Waals surface area (Å²) >= 11 is 0. The highest BCUT2D eigenvalue weighted by Gasteiger charge is 2.18. The number of anilines is 1. The van der Waals surface area contributed by atoms with E-state index in [1.807, 2.05) is 13.8 Å². The van der Waals surface area contributed by atoms with Crippen molar-refractivity contribution in [3.05, 3.63) is 47.3 Å². The van der Waals surface area contributed by atoms with Crippen molar-refractivity contribution >= 4 is 21.9 Å². The van der Waals surface area contributed by atoms with Crippen LogP contribution in [-0.2, 0) is 21.2 Å². The van der Waals surface area contributed by atoms with Gasteiger partial charge in [-0.1, -0.05) is 26.0 Å². The molecule has 1 aromatic carbocycles. The summed E-state index contributed by atoms with van der Waals surface area (Å²) in [7, 11) is -3.68. The Bertz CT molecular complexity index is 896. The fraction of sp³-hybridized carbons (Fsp3) is 0.389. The molecular formula is C18H24N4O4S. The van der Waals surface area contributed by atoms with Gasteiger partial charge in [-0.15, -0.1) is 0 Å². The summed E-state index contributed by atoms with van der Waals surface area (Å²) in [6, 6.07) is 6.38. The van der Waals surface area contributed by atoms with Gasteiger partial charge in [-0.25, -0.2) is 28.3 Å². The second-order valence-corrected chi connectivity index (χ2v) is 7.79. The normalized spacial score (nSPS) is 11.4. The average Bonchev–Trinajstić information content (AvgIpc) is 2.61. The van der Waals surface area contributed by atoms with Crippen LogP contribution in [0.2, 0.25) is 0 Å². The minimum absolute atomic E-state index is 0.0405. The predicted molar refractivity (Wildman–Crippen MR) is 102 cm³/mol. The molecule has 27 heavy (non-hydrogen) atoms. The number of hydrogen-bond donors (Lipinski definition) is 2. The van der Waals surface area contributed by atoms with E-state index in [0.717, 1.165) is 5.56 Å². The van der Waals surface area contributed by atoms with E-state index in [9.17, 15) is 13.2 Å². The maximum absolute atomic E-state index is 12.0. The number of benzene rings is 1. The summed E-state index contributed by atoms with van der Waals surface area (Å²) < 4.78 is 27.6. The number of carbonyl (C=O) groups excluding carboxylic acids is 1. The van der Waals surface area contributed by atoms with Crippen molar-refractivity contribution in [2.24, 2.45) is 5.14 Å². The van der Waals surface area contributed by atoms with E-state index in [1.54, 1.807) is 19.1 Å². The number of hydrogen-bond acceptors (Lipinski definition) is 7. The standard InChI is InChI=1S/C18H24N4O4S/c1-4-26-17(23)15-11-21-18(22-16(15)12(2)3)20-10-9-13-5-7-14(8-6-13)27(19,24)25/h5-8,11-12H,4,9-10H2,1-3H3,(H2,19,24,25)(H,20,21,22). The van der Waals surface area contributed by atoms with Crippen LogP contribution in [0.1, 0.15) is 48.3 Å². The summed E-state index contributed by atoms with van der Waals surface area (Å²) in [4.78, 5) is 20.7. The molecule has 1 aromatic heterocycles. The zero-order valence-electron chi connectivity index (χ0n) is 15.6. The van der Waals surface area contributed by atoms with Crippen LogP contribution < -0.4 is 10.5 Å². The molecule has 0 bridgehead atoms. The largest absolute Gasteiger partial charge is 0.462 e. The number of aromatic nitrogens is 2.